The van der Waals surface area contributed by atoms with E-state index in [1.165, 1.54) is 64.2 Å². The lowest BCUT2D eigenvalue weighted by molar-refractivity contribution is 0.635. The van der Waals surface area contributed by atoms with Crippen LogP contribution in [0, 0.1) is 0 Å². The zero-order valence-electron chi connectivity index (χ0n) is 10.6. The fourth-order valence-corrected chi connectivity index (χ4v) is 2.21. The van der Waals surface area contributed by atoms with Gasteiger partial charge in [-0.2, -0.15) is 0 Å². The molecule has 1 aliphatic carbocycles. The van der Waals surface area contributed by atoms with E-state index >= 15 is 0 Å². The fraction of sp³-hybridized carbons (Fsp3) is 0.625. The third-order valence-electron chi connectivity index (χ3n) is 3.22. The van der Waals surface area contributed by atoms with Gasteiger partial charge in [0.15, 0.2) is 0 Å². The average Bonchev–Trinajstić information content (AvgIpc) is 2.25. The fourth-order valence-electron chi connectivity index (χ4n) is 2.21. The molecular formula is C16H26. The summed E-state index contributed by atoms with van der Waals surface area (Å²) in [7, 11) is 0. The first-order chi connectivity index (χ1) is 7.93. The van der Waals surface area contributed by atoms with Crippen molar-refractivity contribution in [2.24, 2.45) is 0 Å². The van der Waals surface area contributed by atoms with E-state index in [0.717, 1.165) is 0 Å². The van der Waals surface area contributed by atoms with Crippen molar-refractivity contribution in [3.63, 3.8) is 0 Å². The van der Waals surface area contributed by atoms with E-state index in [1.807, 2.05) is 6.08 Å². The first-order valence-electron chi connectivity index (χ1n) is 6.87. The van der Waals surface area contributed by atoms with Crippen molar-refractivity contribution in [1.82, 2.24) is 0 Å². The Hall–Kier alpha value is -0.780. The molecule has 16 heavy (non-hydrogen) atoms. The van der Waals surface area contributed by atoms with Crippen LogP contribution in [0.25, 0.3) is 0 Å². The van der Waals surface area contributed by atoms with Gasteiger partial charge < -0.3 is 0 Å². The highest BCUT2D eigenvalue weighted by molar-refractivity contribution is 5.06. The van der Waals surface area contributed by atoms with Crippen LogP contribution in [0.1, 0.15) is 64.2 Å². The number of hydrogen-bond acceptors (Lipinski definition) is 0. The summed E-state index contributed by atoms with van der Waals surface area (Å²) < 4.78 is 0. The van der Waals surface area contributed by atoms with E-state index in [9.17, 15) is 0 Å². The van der Waals surface area contributed by atoms with Crippen LogP contribution in [0.4, 0.5) is 0 Å². The van der Waals surface area contributed by atoms with Crippen molar-refractivity contribution in [2.45, 2.75) is 64.2 Å². The van der Waals surface area contributed by atoms with Gasteiger partial charge in [-0.15, -0.1) is 6.58 Å². The second kappa shape index (κ2) is 9.45. The molecule has 0 heterocycles. The third-order valence-corrected chi connectivity index (χ3v) is 3.22. The Balaban J connectivity index is 2.04. The summed E-state index contributed by atoms with van der Waals surface area (Å²) in [5.74, 6) is 0. The van der Waals surface area contributed by atoms with Crippen molar-refractivity contribution >= 4 is 0 Å². The summed E-state index contributed by atoms with van der Waals surface area (Å²) in [6.07, 6.45) is 22.2. The molecule has 0 spiro atoms. The van der Waals surface area contributed by atoms with E-state index in [4.69, 9.17) is 0 Å². The van der Waals surface area contributed by atoms with E-state index in [1.54, 1.807) is 5.57 Å². The summed E-state index contributed by atoms with van der Waals surface area (Å²) in [4.78, 5) is 0. The van der Waals surface area contributed by atoms with Crippen molar-refractivity contribution in [2.75, 3.05) is 0 Å². The van der Waals surface area contributed by atoms with Crippen molar-refractivity contribution in [1.29, 1.82) is 0 Å². The van der Waals surface area contributed by atoms with E-state index in [2.05, 4.69) is 24.8 Å². The van der Waals surface area contributed by atoms with Gasteiger partial charge in [0.05, 0.1) is 0 Å². The molecule has 0 N–H and O–H groups in total. The molecule has 0 saturated heterocycles. The maximum absolute atomic E-state index is 3.76. The van der Waals surface area contributed by atoms with Crippen LogP contribution in [-0.2, 0) is 0 Å². The summed E-state index contributed by atoms with van der Waals surface area (Å²) in [5.41, 5.74) is 1.70. The molecule has 0 aromatic rings. The lowest BCUT2D eigenvalue weighted by Gasteiger charge is -2.08. The van der Waals surface area contributed by atoms with Gasteiger partial charge in [-0.3, -0.25) is 0 Å². The molecular weight excluding hydrogens is 192 g/mol. The molecule has 0 aromatic carbocycles. The van der Waals surface area contributed by atoms with Gasteiger partial charge in [0.2, 0.25) is 0 Å². The lowest BCUT2D eigenvalue weighted by atomic mass is 9.98. The largest absolute Gasteiger partial charge is 0.103 e. The molecule has 0 saturated carbocycles. The van der Waals surface area contributed by atoms with Crippen molar-refractivity contribution in [3.05, 3.63) is 36.5 Å². The number of rotatable bonds is 7. The van der Waals surface area contributed by atoms with Crippen LogP contribution >= 0.6 is 0 Å². The molecule has 0 atom stereocenters. The molecule has 0 unspecified atom stereocenters. The minimum atomic E-state index is 1.19. The maximum Gasteiger partial charge on any atom is -0.0286 e. The van der Waals surface area contributed by atoms with Gasteiger partial charge in [0.25, 0.3) is 0 Å². The minimum absolute atomic E-state index is 1.19. The molecule has 0 bridgehead atoms. The Bertz CT molecular complexity index is 232. The predicted octanol–water partition coefficient (Wildman–Crippen LogP) is 5.57. The van der Waals surface area contributed by atoms with Gasteiger partial charge in [-0.05, 0) is 51.4 Å². The topological polar surface area (TPSA) is 0 Å². The van der Waals surface area contributed by atoms with E-state index in [0.29, 0.717) is 0 Å². The maximum atomic E-state index is 3.76. The molecule has 1 aliphatic rings. The summed E-state index contributed by atoms with van der Waals surface area (Å²) in [6, 6.07) is 0. The quantitative estimate of drug-likeness (QED) is 0.387. The first-order valence-corrected chi connectivity index (χ1v) is 6.87. The SMILES string of the molecule is C=CCCCCCC/C1=C/CC/C=C\CC1. The second-order valence-electron chi connectivity index (χ2n) is 4.69. The molecule has 0 heteroatoms. The zero-order chi connectivity index (χ0) is 11.5. The van der Waals surface area contributed by atoms with Gasteiger partial charge in [0.1, 0.15) is 0 Å². The normalized spacial score (nSPS) is 21.6. The molecule has 0 radical (unpaired) electrons. The highest BCUT2D eigenvalue weighted by Gasteiger charge is 1.99. The third kappa shape index (κ3) is 6.66. The Morgan fingerprint density at radius 3 is 2.69 bits per heavy atom. The summed E-state index contributed by atoms with van der Waals surface area (Å²) in [5, 5.41) is 0. The van der Waals surface area contributed by atoms with E-state index in [-0.39, 0.29) is 0 Å². The number of hydrogen-bond donors (Lipinski definition) is 0. The van der Waals surface area contributed by atoms with E-state index < -0.39 is 0 Å². The van der Waals surface area contributed by atoms with Crippen LogP contribution in [-0.4, -0.2) is 0 Å². The van der Waals surface area contributed by atoms with Gasteiger partial charge in [-0.1, -0.05) is 42.7 Å². The first kappa shape index (κ1) is 13.3. The van der Waals surface area contributed by atoms with Crippen molar-refractivity contribution in [3.8, 4) is 0 Å². The smallest absolute Gasteiger partial charge is 0.0286 e. The average molecular weight is 218 g/mol. The highest BCUT2D eigenvalue weighted by atomic mass is 14.0. The Kier molecular flexibility index (Phi) is 7.84. The van der Waals surface area contributed by atoms with Crippen LogP contribution in [0.5, 0.6) is 0 Å². The van der Waals surface area contributed by atoms with Crippen LogP contribution in [0.15, 0.2) is 36.5 Å². The van der Waals surface area contributed by atoms with Crippen LogP contribution in [0.3, 0.4) is 0 Å². The number of allylic oxidation sites excluding steroid dienone is 5. The Morgan fingerprint density at radius 2 is 1.81 bits per heavy atom. The summed E-state index contributed by atoms with van der Waals surface area (Å²) in [6.45, 7) is 3.76. The van der Waals surface area contributed by atoms with Crippen molar-refractivity contribution < 1.29 is 0 Å². The minimum Gasteiger partial charge on any atom is -0.103 e. The van der Waals surface area contributed by atoms with Gasteiger partial charge in [0, 0.05) is 0 Å². The monoisotopic (exact) mass is 218 g/mol. The Labute approximate surface area is 101 Å². The predicted molar refractivity (Wildman–Crippen MR) is 73.6 cm³/mol. The molecule has 0 aliphatic heterocycles. The Morgan fingerprint density at radius 1 is 1.00 bits per heavy atom. The van der Waals surface area contributed by atoms with Gasteiger partial charge >= 0.3 is 0 Å². The molecule has 0 fully saturated rings. The molecule has 0 aromatic heterocycles. The summed E-state index contributed by atoms with van der Waals surface area (Å²) >= 11 is 0. The zero-order valence-corrected chi connectivity index (χ0v) is 10.6. The molecule has 90 valence electrons. The van der Waals surface area contributed by atoms with Crippen LogP contribution in [0.2, 0.25) is 0 Å². The second-order valence-corrected chi connectivity index (χ2v) is 4.69. The molecule has 0 nitrogen and oxygen atoms in total. The number of unbranched alkanes of at least 4 members (excludes halogenated alkanes) is 4. The molecule has 1 rings (SSSR count). The van der Waals surface area contributed by atoms with Gasteiger partial charge in [-0.25, -0.2) is 0 Å². The lowest BCUT2D eigenvalue weighted by Crippen LogP contribution is -1.88. The molecule has 0 amide bonds. The van der Waals surface area contributed by atoms with Crippen LogP contribution < -0.4 is 0 Å². The standard InChI is InChI=1S/C16H26/c1-2-3-4-5-7-10-13-16-14-11-8-6-9-12-15-16/h2,6,8,15H,1,3-5,7,9-14H2/b8-6-,16-15-. The highest BCUT2D eigenvalue weighted by Crippen LogP contribution is 2.19.